The van der Waals surface area contributed by atoms with Crippen LogP contribution in [-0.2, 0) is 4.74 Å². The molecule has 14 heavy (non-hydrogen) atoms. The number of rotatable bonds is 6. The molecule has 0 amide bonds. The van der Waals surface area contributed by atoms with Crippen LogP contribution in [0.1, 0.15) is 32.1 Å². The van der Waals surface area contributed by atoms with E-state index in [0.29, 0.717) is 0 Å². The monoisotopic (exact) mass is 197 g/mol. The van der Waals surface area contributed by atoms with Crippen LogP contribution in [0.4, 0.5) is 0 Å². The van der Waals surface area contributed by atoms with E-state index >= 15 is 0 Å². The van der Waals surface area contributed by atoms with E-state index in [1.54, 1.807) is 7.11 Å². The van der Waals surface area contributed by atoms with E-state index in [1.165, 1.54) is 32.2 Å². The predicted molar refractivity (Wildman–Crippen MR) is 58.3 cm³/mol. The Balaban J connectivity index is 1.54. The van der Waals surface area contributed by atoms with Gasteiger partial charge in [0, 0.05) is 13.7 Å². The summed E-state index contributed by atoms with van der Waals surface area (Å²) in [5, 5.41) is 3.57. The molecule has 0 aromatic heterocycles. The quantitative estimate of drug-likeness (QED) is 0.658. The highest BCUT2D eigenvalue weighted by Crippen LogP contribution is 2.47. The highest BCUT2D eigenvalue weighted by molar-refractivity contribution is 4.90. The largest absolute Gasteiger partial charge is 0.385 e. The van der Waals surface area contributed by atoms with Crippen molar-refractivity contribution in [2.75, 3.05) is 26.8 Å². The van der Waals surface area contributed by atoms with Gasteiger partial charge < -0.3 is 10.1 Å². The first-order valence-electron chi connectivity index (χ1n) is 6.10. The molecule has 0 aliphatic heterocycles. The maximum Gasteiger partial charge on any atom is 0.0474 e. The summed E-state index contributed by atoms with van der Waals surface area (Å²) in [6.45, 7) is 3.27. The van der Waals surface area contributed by atoms with E-state index in [2.05, 4.69) is 5.32 Å². The lowest BCUT2D eigenvalue weighted by Crippen LogP contribution is -2.27. The summed E-state index contributed by atoms with van der Waals surface area (Å²) >= 11 is 0. The third-order valence-electron chi connectivity index (χ3n) is 3.99. The van der Waals surface area contributed by atoms with Gasteiger partial charge in [-0.25, -0.2) is 0 Å². The highest BCUT2D eigenvalue weighted by atomic mass is 16.5. The fourth-order valence-corrected chi connectivity index (χ4v) is 3.26. The molecule has 2 heteroatoms. The molecule has 0 aromatic rings. The Morgan fingerprint density at radius 3 is 2.86 bits per heavy atom. The average Bonchev–Trinajstić information content (AvgIpc) is 2.79. The van der Waals surface area contributed by atoms with Crippen LogP contribution in [-0.4, -0.2) is 26.8 Å². The zero-order chi connectivity index (χ0) is 9.80. The SMILES string of the molecule is COCCCNCC1CC2CCC1C2. The molecule has 2 bridgehead atoms. The molecule has 2 saturated carbocycles. The van der Waals surface area contributed by atoms with Gasteiger partial charge in [-0.05, 0) is 56.5 Å². The molecule has 0 heterocycles. The summed E-state index contributed by atoms with van der Waals surface area (Å²) < 4.78 is 5.02. The van der Waals surface area contributed by atoms with Crippen LogP contribution in [0.15, 0.2) is 0 Å². The fraction of sp³-hybridized carbons (Fsp3) is 1.00. The van der Waals surface area contributed by atoms with Crippen molar-refractivity contribution in [3.8, 4) is 0 Å². The van der Waals surface area contributed by atoms with Crippen molar-refractivity contribution in [1.29, 1.82) is 0 Å². The molecule has 1 N–H and O–H groups in total. The highest BCUT2D eigenvalue weighted by Gasteiger charge is 2.38. The Bertz CT molecular complexity index is 172. The van der Waals surface area contributed by atoms with Gasteiger partial charge in [0.05, 0.1) is 0 Å². The van der Waals surface area contributed by atoms with Crippen LogP contribution in [0, 0.1) is 17.8 Å². The number of methoxy groups -OCH3 is 1. The predicted octanol–water partition coefficient (Wildman–Crippen LogP) is 2.05. The molecular formula is C12H23NO. The number of nitrogens with one attached hydrogen (secondary N) is 1. The van der Waals surface area contributed by atoms with Gasteiger partial charge in [-0.1, -0.05) is 6.42 Å². The van der Waals surface area contributed by atoms with Gasteiger partial charge in [0.15, 0.2) is 0 Å². The Morgan fingerprint density at radius 1 is 1.29 bits per heavy atom. The minimum atomic E-state index is 0.893. The minimum Gasteiger partial charge on any atom is -0.385 e. The number of hydrogen-bond acceptors (Lipinski definition) is 2. The normalized spacial score (nSPS) is 35.4. The first-order valence-corrected chi connectivity index (χ1v) is 6.10. The zero-order valence-electron chi connectivity index (χ0n) is 9.30. The van der Waals surface area contributed by atoms with Gasteiger partial charge in [0.2, 0.25) is 0 Å². The Labute approximate surface area is 87.4 Å². The first kappa shape index (κ1) is 10.4. The molecule has 0 radical (unpaired) electrons. The van der Waals surface area contributed by atoms with Gasteiger partial charge in [-0.2, -0.15) is 0 Å². The molecular weight excluding hydrogens is 174 g/mol. The van der Waals surface area contributed by atoms with Crippen LogP contribution in [0.2, 0.25) is 0 Å². The Morgan fingerprint density at radius 2 is 2.21 bits per heavy atom. The van der Waals surface area contributed by atoms with E-state index < -0.39 is 0 Å². The molecule has 2 fully saturated rings. The summed E-state index contributed by atoms with van der Waals surface area (Å²) in [7, 11) is 1.77. The second-order valence-electron chi connectivity index (χ2n) is 4.99. The summed E-state index contributed by atoms with van der Waals surface area (Å²) in [4.78, 5) is 0. The van der Waals surface area contributed by atoms with Crippen molar-refractivity contribution in [3.63, 3.8) is 0 Å². The molecule has 2 rings (SSSR count). The van der Waals surface area contributed by atoms with Crippen LogP contribution >= 0.6 is 0 Å². The maximum atomic E-state index is 5.02. The lowest BCUT2D eigenvalue weighted by molar-refractivity contribution is 0.193. The van der Waals surface area contributed by atoms with Gasteiger partial charge in [-0.3, -0.25) is 0 Å². The van der Waals surface area contributed by atoms with Crippen LogP contribution in [0.25, 0.3) is 0 Å². The summed E-state index contributed by atoms with van der Waals surface area (Å²) in [5.41, 5.74) is 0. The van der Waals surface area contributed by atoms with Crippen molar-refractivity contribution in [2.24, 2.45) is 17.8 Å². The van der Waals surface area contributed by atoms with Crippen LogP contribution in [0.3, 0.4) is 0 Å². The van der Waals surface area contributed by atoms with Gasteiger partial charge >= 0.3 is 0 Å². The molecule has 0 aromatic carbocycles. The molecule has 0 saturated heterocycles. The molecule has 2 aliphatic carbocycles. The van der Waals surface area contributed by atoms with Gasteiger partial charge in [0.1, 0.15) is 0 Å². The number of ether oxygens (including phenoxy) is 1. The molecule has 3 atom stereocenters. The Kier molecular flexibility index (Phi) is 3.82. The van der Waals surface area contributed by atoms with Crippen LogP contribution in [0.5, 0.6) is 0 Å². The third kappa shape index (κ3) is 2.48. The van der Waals surface area contributed by atoms with Crippen molar-refractivity contribution >= 4 is 0 Å². The van der Waals surface area contributed by atoms with E-state index in [4.69, 9.17) is 4.74 Å². The molecule has 2 aliphatic rings. The van der Waals surface area contributed by atoms with Crippen molar-refractivity contribution in [1.82, 2.24) is 5.32 Å². The topological polar surface area (TPSA) is 21.3 Å². The van der Waals surface area contributed by atoms with Gasteiger partial charge in [0.25, 0.3) is 0 Å². The minimum absolute atomic E-state index is 0.893. The molecule has 0 spiro atoms. The smallest absolute Gasteiger partial charge is 0.0474 e. The van der Waals surface area contributed by atoms with Crippen molar-refractivity contribution < 1.29 is 4.74 Å². The summed E-state index contributed by atoms with van der Waals surface area (Å²) in [6, 6.07) is 0. The van der Waals surface area contributed by atoms with Crippen molar-refractivity contribution in [2.45, 2.75) is 32.1 Å². The van der Waals surface area contributed by atoms with Crippen LogP contribution < -0.4 is 5.32 Å². The fourth-order valence-electron chi connectivity index (χ4n) is 3.26. The lowest BCUT2D eigenvalue weighted by atomic mass is 9.89. The van der Waals surface area contributed by atoms with Gasteiger partial charge in [-0.15, -0.1) is 0 Å². The second kappa shape index (κ2) is 5.13. The summed E-state index contributed by atoms with van der Waals surface area (Å²) in [6.07, 6.45) is 7.21. The lowest BCUT2D eigenvalue weighted by Gasteiger charge is -2.21. The zero-order valence-corrected chi connectivity index (χ0v) is 9.30. The summed E-state index contributed by atoms with van der Waals surface area (Å²) in [5.74, 6) is 3.15. The third-order valence-corrected chi connectivity index (χ3v) is 3.99. The van der Waals surface area contributed by atoms with E-state index in [0.717, 1.165) is 37.3 Å². The number of fused-ring (bicyclic) bond motifs is 2. The molecule has 82 valence electrons. The standard InChI is InChI=1S/C12H23NO/c1-14-6-2-5-13-9-12-8-10-3-4-11(12)7-10/h10-13H,2-9H2,1H3. The average molecular weight is 197 g/mol. The van der Waals surface area contributed by atoms with Crippen molar-refractivity contribution in [3.05, 3.63) is 0 Å². The second-order valence-corrected chi connectivity index (χ2v) is 4.99. The van der Waals surface area contributed by atoms with E-state index in [1.807, 2.05) is 0 Å². The molecule has 2 nitrogen and oxygen atoms in total. The molecule has 3 unspecified atom stereocenters. The first-order chi connectivity index (χ1) is 6.90. The Hall–Kier alpha value is -0.0800. The van der Waals surface area contributed by atoms with E-state index in [9.17, 15) is 0 Å². The van der Waals surface area contributed by atoms with E-state index in [-0.39, 0.29) is 0 Å². The maximum absolute atomic E-state index is 5.02. The number of hydrogen-bond donors (Lipinski definition) is 1.